The Hall–Kier alpha value is -1.79. The van der Waals surface area contributed by atoms with E-state index in [0.717, 1.165) is 25.7 Å². The third kappa shape index (κ3) is 5.24. The van der Waals surface area contributed by atoms with E-state index in [1.165, 1.54) is 0 Å². The van der Waals surface area contributed by atoms with Gasteiger partial charge in [-0.15, -0.1) is 0 Å². The van der Waals surface area contributed by atoms with E-state index in [4.69, 9.17) is 5.11 Å². The van der Waals surface area contributed by atoms with Crippen molar-refractivity contribution in [1.29, 1.82) is 0 Å². The summed E-state index contributed by atoms with van der Waals surface area (Å²) in [6.07, 6.45) is 5.51. The van der Waals surface area contributed by atoms with Gasteiger partial charge >= 0.3 is 12.0 Å². The standard InChI is InChI=1S/C14H23N3O4/c18-11(16-10-3-4-10)5-8-15-13(21)17-14(9-12(19)20)6-1-2-7-14/h10H,1-9H2,(H,16,18)(H,19,20)(H2,15,17,21). The van der Waals surface area contributed by atoms with Crippen LogP contribution >= 0.6 is 0 Å². The Morgan fingerprint density at radius 3 is 2.38 bits per heavy atom. The number of amides is 3. The van der Waals surface area contributed by atoms with Crippen molar-refractivity contribution in [3.63, 3.8) is 0 Å². The van der Waals surface area contributed by atoms with E-state index in [0.29, 0.717) is 18.9 Å². The van der Waals surface area contributed by atoms with E-state index in [2.05, 4.69) is 16.0 Å². The minimum Gasteiger partial charge on any atom is -0.481 e. The molecule has 4 N–H and O–H groups in total. The fourth-order valence-corrected chi connectivity index (χ4v) is 2.79. The van der Waals surface area contributed by atoms with Crippen LogP contribution in [0.2, 0.25) is 0 Å². The van der Waals surface area contributed by atoms with Gasteiger partial charge in [-0.05, 0) is 25.7 Å². The van der Waals surface area contributed by atoms with Crippen molar-refractivity contribution in [2.75, 3.05) is 6.54 Å². The number of carbonyl (C=O) groups excluding carboxylic acids is 2. The predicted molar refractivity (Wildman–Crippen MR) is 75.8 cm³/mol. The highest BCUT2D eigenvalue weighted by atomic mass is 16.4. The van der Waals surface area contributed by atoms with Gasteiger partial charge in [0.25, 0.3) is 0 Å². The van der Waals surface area contributed by atoms with Crippen molar-refractivity contribution in [1.82, 2.24) is 16.0 Å². The second kappa shape index (κ2) is 6.78. The third-order valence-corrected chi connectivity index (χ3v) is 4.01. The van der Waals surface area contributed by atoms with Gasteiger partial charge in [-0.25, -0.2) is 4.79 Å². The summed E-state index contributed by atoms with van der Waals surface area (Å²) in [5.74, 6) is -0.958. The molecule has 0 aromatic heterocycles. The van der Waals surface area contributed by atoms with Gasteiger partial charge in [0, 0.05) is 19.0 Å². The highest BCUT2D eigenvalue weighted by molar-refractivity contribution is 5.79. The molecular weight excluding hydrogens is 274 g/mol. The molecule has 21 heavy (non-hydrogen) atoms. The molecule has 0 bridgehead atoms. The Kier molecular flexibility index (Phi) is 5.03. The minimum atomic E-state index is -0.902. The number of carboxylic acid groups (broad SMARTS) is 1. The number of carboxylic acids is 1. The van der Waals surface area contributed by atoms with Crippen LogP contribution in [0.4, 0.5) is 4.79 Å². The van der Waals surface area contributed by atoms with Crippen LogP contribution in [0.3, 0.4) is 0 Å². The molecule has 0 heterocycles. The number of aliphatic carboxylic acids is 1. The van der Waals surface area contributed by atoms with E-state index in [9.17, 15) is 14.4 Å². The molecule has 2 rings (SSSR count). The second-order valence-electron chi connectivity index (χ2n) is 6.03. The van der Waals surface area contributed by atoms with Crippen LogP contribution in [0.25, 0.3) is 0 Å². The van der Waals surface area contributed by atoms with Crippen molar-refractivity contribution >= 4 is 17.9 Å². The fourth-order valence-electron chi connectivity index (χ4n) is 2.79. The molecule has 0 aromatic rings. The minimum absolute atomic E-state index is 0.0530. The van der Waals surface area contributed by atoms with Gasteiger partial charge in [0.05, 0.1) is 12.0 Å². The number of nitrogens with one attached hydrogen (secondary N) is 3. The SMILES string of the molecule is O=C(O)CC1(NC(=O)NCCC(=O)NC2CC2)CCCC1. The van der Waals surface area contributed by atoms with Crippen LogP contribution in [0.1, 0.15) is 51.4 Å². The zero-order valence-electron chi connectivity index (χ0n) is 12.1. The lowest BCUT2D eigenvalue weighted by Gasteiger charge is -2.28. The van der Waals surface area contributed by atoms with E-state index in [1.807, 2.05) is 0 Å². The number of carbonyl (C=O) groups is 3. The first kappa shape index (κ1) is 15.6. The van der Waals surface area contributed by atoms with E-state index < -0.39 is 17.5 Å². The van der Waals surface area contributed by atoms with Crippen LogP contribution < -0.4 is 16.0 Å². The van der Waals surface area contributed by atoms with E-state index in [1.54, 1.807) is 0 Å². The topological polar surface area (TPSA) is 108 Å². The summed E-state index contributed by atoms with van der Waals surface area (Å²) in [5, 5.41) is 17.2. The molecule has 0 aliphatic heterocycles. The second-order valence-corrected chi connectivity index (χ2v) is 6.03. The number of rotatable bonds is 7. The van der Waals surface area contributed by atoms with Gasteiger partial charge in [0.2, 0.25) is 5.91 Å². The van der Waals surface area contributed by atoms with Gasteiger partial charge in [-0.3, -0.25) is 9.59 Å². The number of hydrogen-bond donors (Lipinski definition) is 4. The molecule has 2 aliphatic carbocycles. The van der Waals surface area contributed by atoms with Gasteiger partial charge in [-0.2, -0.15) is 0 Å². The summed E-state index contributed by atoms with van der Waals surface area (Å²) < 4.78 is 0. The summed E-state index contributed by atoms with van der Waals surface area (Å²) in [4.78, 5) is 34.3. The van der Waals surface area contributed by atoms with Crippen molar-refractivity contribution in [3.8, 4) is 0 Å². The normalized spacial score (nSPS) is 19.8. The monoisotopic (exact) mass is 297 g/mol. The Labute approximate surface area is 123 Å². The zero-order chi connectivity index (χ0) is 15.3. The van der Waals surface area contributed by atoms with Crippen molar-refractivity contribution in [2.45, 2.75) is 62.9 Å². The average molecular weight is 297 g/mol. The van der Waals surface area contributed by atoms with Crippen molar-refractivity contribution in [3.05, 3.63) is 0 Å². The van der Waals surface area contributed by atoms with Crippen molar-refractivity contribution < 1.29 is 19.5 Å². The summed E-state index contributed by atoms with van der Waals surface area (Å²) in [7, 11) is 0. The molecule has 0 unspecified atom stereocenters. The Morgan fingerprint density at radius 1 is 1.14 bits per heavy atom. The maximum absolute atomic E-state index is 11.9. The van der Waals surface area contributed by atoms with Crippen molar-refractivity contribution in [2.24, 2.45) is 0 Å². The molecule has 0 aromatic carbocycles. The van der Waals surface area contributed by atoms with Gasteiger partial charge in [0.15, 0.2) is 0 Å². The summed E-state index contributed by atoms with van der Waals surface area (Å²) in [5.41, 5.74) is -0.633. The first-order valence-corrected chi connectivity index (χ1v) is 7.56. The molecule has 3 amide bonds. The third-order valence-electron chi connectivity index (χ3n) is 4.01. The molecule has 118 valence electrons. The zero-order valence-corrected chi connectivity index (χ0v) is 12.1. The summed E-state index contributed by atoms with van der Waals surface area (Å²) >= 11 is 0. The lowest BCUT2D eigenvalue weighted by Crippen LogP contribution is -2.52. The van der Waals surface area contributed by atoms with Crippen LogP contribution in [0.15, 0.2) is 0 Å². The van der Waals surface area contributed by atoms with Crippen LogP contribution in [-0.4, -0.2) is 41.1 Å². The van der Waals surface area contributed by atoms with Gasteiger partial charge in [0.1, 0.15) is 0 Å². The molecule has 2 fully saturated rings. The molecule has 2 saturated carbocycles. The fraction of sp³-hybridized carbons (Fsp3) is 0.786. The molecular formula is C14H23N3O4. The Morgan fingerprint density at radius 2 is 1.81 bits per heavy atom. The molecule has 0 saturated heterocycles. The number of hydrogen-bond acceptors (Lipinski definition) is 3. The molecule has 0 spiro atoms. The summed E-state index contributed by atoms with van der Waals surface area (Å²) in [6, 6.07) is -0.0685. The average Bonchev–Trinajstić information content (AvgIpc) is 3.07. The molecule has 0 atom stereocenters. The largest absolute Gasteiger partial charge is 0.481 e. The molecule has 0 radical (unpaired) electrons. The summed E-state index contributed by atoms with van der Waals surface area (Å²) in [6.45, 7) is 0.257. The quantitative estimate of drug-likeness (QED) is 0.556. The van der Waals surface area contributed by atoms with Gasteiger partial charge in [-0.1, -0.05) is 12.8 Å². The van der Waals surface area contributed by atoms with Crippen LogP contribution in [0, 0.1) is 0 Å². The van der Waals surface area contributed by atoms with Crippen LogP contribution in [-0.2, 0) is 9.59 Å². The molecule has 7 nitrogen and oxygen atoms in total. The molecule has 2 aliphatic rings. The predicted octanol–water partition coefficient (Wildman–Crippen LogP) is 0.742. The highest BCUT2D eigenvalue weighted by Gasteiger charge is 2.37. The molecule has 7 heteroatoms. The Balaban J connectivity index is 1.69. The maximum Gasteiger partial charge on any atom is 0.315 e. The van der Waals surface area contributed by atoms with Crippen LogP contribution in [0.5, 0.6) is 0 Å². The maximum atomic E-state index is 11.9. The lowest BCUT2D eigenvalue weighted by molar-refractivity contribution is -0.138. The lowest BCUT2D eigenvalue weighted by atomic mass is 9.93. The first-order chi connectivity index (χ1) is 9.99. The highest BCUT2D eigenvalue weighted by Crippen LogP contribution is 2.32. The van der Waals surface area contributed by atoms with E-state index >= 15 is 0 Å². The first-order valence-electron chi connectivity index (χ1n) is 7.56. The van der Waals surface area contributed by atoms with E-state index in [-0.39, 0.29) is 25.3 Å². The van der Waals surface area contributed by atoms with Gasteiger partial charge < -0.3 is 21.1 Å². The smallest absolute Gasteiger partial charge is 0.315 e. The Bertz CT molecular complexity index is 414. The number of urea groups is 1.